The molecular weight excluding hydrogens is 254 g/mol. The maximum Gasteiger partial charge on any atom is 0.193 e. The van der Waals surface area contributed by atoms with E-state index in [4.69, 9.17) is 5.73 Å². The highest BCUT2D eigenvalue weighted by atomic mass is 32.1. The molecule has 0 heterocycles. The Labute approximate surface area is 122 Å². The summed E-state index contributed by atoms with van der Waals surface area (Å²) in [5, 5.41) is 3.25. The maximum atomic E-state index is 5.88. The van der Waals surface area contributed by atoms with Crippen LogP contribution in [-0.4, -0.2) is 11.8 Å². The fraction of sp³-hybridized carbons (Fsp3) is 0.533. The number of hydrogen-bond acceptors (Lipinski definition) is 2. The Bertz CT molecular complexity index is 435. The Morgan fingerprint density at radius 2 is 1.68 bits per heavy atom. The van der Waals surface area contributed by atoms with Crippen molar-refractivity contribution in [1.29, 1.82) is 0 Å². The van der Waals surface area contributed by atoms with Gasteiger partial charge in [-0.05, 0) is 29.9 Å². The molecule has 0 unspecified atom stereocenters. The molecular formula is C15H25N3S. The third-order valence-corrected chi connectivity index (χ3v) is 3.22. The van der Waals surface area contributed by atoms with Gasteiger partial charge in [0.1, 0.15) is 0 Å². The number of guanidine groups is 1. The van der Waals surface area contributed by atoms with E-state index < -0.39 is 0 Å². The molecule has 0 spiro atoms. The average molecular weight is 279 g/mol. The zero-order valence-corrected chi connectivity index (χ0v) is 13.4. The van der Waals surface area contributed by atoms with E-state index in [0.717, 1.165) is 5.69 Å². The first-order chi connectivity index (χ1) is 8.86. The lowest BCUT2D eigenvalue weighted by Crippen LogP contribution is -2.24. The minimum absolute atomic E-state index is 0.388. The van der Waals surface area contributed by atoms with E-state index in [1.807, 2.05) is 0 Å². The monoisotopic (exact) mass is 279 g/mol. The van der Waals surface area contributed by atoms with Gasteiger partial charge in [0.05, 0.1) is 5.88 Å². The summed E-state index contributed by atoms with van der Waals surface area (Å²) in [5.74, 6) is 1.67. The van der Waals surface area contributed by atoms with Crippen LogP contribution in [-0.2, 0) is 0 Å². The van der Waals surface area contributed by atoms with E-state index in [-0.39, 0.29) is 0 Å². The summed E-state index contributed by atoms with van der Waals surface area (Å²) in [7, 11) is 0. The fourth-order valence-corrected chi connectivity index (χ4v) is 2.29. The van der Waals surface area contributed by atoms with Crippen LogP contribution in [0.3, 0.4) is 0 Å². The summed E-state index contributed by atoms with van der Waals surface area (Å²) in [4.78, 5) is 4.09. The van der Waals surface area contributed by atoms with Crippen molar-refractivity contribution in [2.24, 2.45) is 10.7 Å². The molecule has 1 aromatic rings. The first kappa shape index (κ1) is 15.9. The molecule has 106 valence electrons. The number of hydrogen-bond donors (Lipinski definition) is 3. The quantitative estimate of drug-likeness (QED) is 0.445. The van der Waals surface area contributed by atoms with Gasteiger partial charge in [-0.2, -0.15) is 12.6 Å². The first-order valence-corrected chi connectivity index (χ1v) is 7.32. The molecule has 0 fully saturated rings. The zero-order chi connectivity index (χ0) is 14.6. The van der Waals surface area contributed by atoms with E-state index in [2.05, 4.69) is 69.7 Å². The van der Waals surface area contributed by atoms with Crippen LogP contribution in [0.15, 0.2) is 17.1 Å². The summed E-state index contributed by atoms with van der Waals surface area (Å²) in [6.45, 7) is 10.9. The van der Waals surface area contributed by atoms with Crippen molar-refractivity contribution in [3.05, 3.63) is 28.8 Å². The summed E-state index contributed by atoms with van der Waals surface area (Å²) in [6.07, 6.45) is 0. The molecule has 0 aliphatic carbocycles. The van der Waals surface area contributed by atoms with Gasteiger partial charge in [-0.3, -0.25) is 0 Å². The summed E-state index contributed by atoms with van der Waals surface area (Å²) >= 11 is 4.07. The lowest BCUT2D eigenvalue weighted by Gasteiger charge is -2.21. The molecule has 3 N–H and O–H groups in total. The first-order valence-electron chi connectivity index (χ1n) is 6.69. The fourth-order valence-electron chi connectivity index (χ4n) is 2.14. The number of rotatable bonds is 4. The highest BCUT2D eigenvalue weighted by Crippen LogP contribution is 2.33. The molecule has 0 aliphatic rings. The molecule has 0 bridgehead atoms. The molecule has 4 heteroatoms. The van der Waals surface area contributed by atoms with Crippen LogP contribution in [0.1, 0.15) is 56.2 Å². The minimum Gasteiger partial charge on any atom is -0.370 e. The molecule has 19 heavy (non-hydrogen) atoms. The second kappa shape index (κ2) is 6.85. The van der Waals surface area contributed by atoms with Gasteiger partial charge in [0, 0.05) is 5.69 Å². The van der Waals surface area contributed by atoms with Crippen molar-refractivity contribution in [3.63, 3.8) is 0 Å². The Kier molecular flexibility index (Phi) is 5.73. The highest BCUT2D eigenvalue weighted by molar-refractivity contribution is 7.80. The number of thiol groups is 1. The molecule has 0 atom stereocenters. The van der Waals surface area contributed by atoms with Crippen molar-refractivity contribution < 1.29 is 0 Å². The predicted octanol–water partition coefficient (Wildman–Crippen LogP) is 3.86. The van der Waals surface area contributed by atoms with Gasteiger partial charge in [0.25, 0.3) is 0 Å². The SMILES string of the molecule is Cc1cc(C(C)C)c(N/C(N)=N/CS)c(C(C)C)c1. The molecule has 1 rings (SSSR count). The van der Waals surface area contributed by atoms with E-state index in [9.17, 15) is 0 Å². The summed E-state index contributed by atoms with van der Waals surface area (Å²) in [5.41, 5.74) is 10.8. The Hall–Kier alpha value is -1.16. The normalized spacial score (nSPS) is 12.3. The third-order valence-electron chi connectivity index (χ3n) is 3.08. The minimum atomic E-state index is 0.388. The lowest BCUT2D eigenvalue weighted by molar-refractivity contribution is 0.836. The second-order valence-corrected chi connectivity index (χ2v) is 5.72. The maximum absolute atomic E-state index is 5.88. The largest absolute Gasteiger partial charge is 0.370 e. The topological polar surface area (TPSA) is 50.4 Å². The van der Waals surface area contributed by atoms with Gasteiger partial charge in [-0.25, -0.2) is 4.99 Å². The molecule has 1 aromatic carbocycles. The van der Waals surface area contributed by atoms with Crippen molar-refractivity contribution in [2.45, 2.75) is 46.5 Å². The van der Waals surface area contributed by atoms with Crippen molar-refractivity contribution in [2.75, 3.05) is 11.2 Å². The number of aliphatic imine (C=N–C) groups is 1. The van der Waals surface area contributed by atoms with Crippen molar-refractivity contribution in [3.8, 4) is 0 Å². The number of anilines is 1. The number of nitrogens with one attached hydrogen (secondary N) is 1. The number of aryl methyl sites for hydroxylation is 1. The predicted molar refractivity (Wildman–Crippen MR) is 88.5 cm³/mol. The van der Waals surface area contributed by atoms with Gasteiger partial charge in [-0.15, -0.1) is 0 Å². The van der Waals surface area contributed by atoms with Crippen LogP contribution in [0.4, 0.5) is 5.69 Å². The number of nitrogens with zero attached hydrogens (tertiary/aromatic N) is 1. The van der Waals surface area contributed by atoms with Gasteiger partial charge < -0.3 is 11.1 Å². The van der Waals surface area contributed by atoms with Crippen LogP contribution in [0, 0.1) is 6.92 Å². The molecule has 0 saturated carbocycles. The lowest BCUT2D eigenvalue weighted by atomic mass is 9.90. The molecule has 0 amide bonds. The van der Waals surface area contributed by atoms with Crippen molar-refractivity contribution in [1.82, 2.24) is 0 Å². The van der Waals surface area contributed by atoms with Crippen LogP contribution in [0.2, 0.25) is 0 Å². The van der Waals surface area contributed by atoms with Crippen LogP contribution in [0.25, 0.3) is 0 Å². The zero-order valence-electron chi connectivity index (χ0n) is 12.5. The van der Waals surface area contributed by atoms with Gasteiger partial charge in [0.15, 0.2) is 5.96 Å². The van der Waals surface area contributed by atoms with Crippen LogP contribution < -0.4 is 11.1 Å². The Morgan fingerprint density at radius 1 is 1.21 bits per heavy atom. The van der Waals surface area contributed by atoms with E-state index in [1.54, 1.807) is 0 Å². The smallest absolute Gasteiger partial charge is 0.193 e. The molecule has 0 aliphatic heterocycles. The third kappa shape index (κ3) is 4.16. The molecule has 0 aromatic heterocycles. The molecule has 0 saturated heterocycles. The van der Waals surface area contributed by atoms with Crippen LogP contribution in [0.5, 0.6) is 0 Å². The highest BCUT2D eigenvalue weighted by Gasteiger charge is 2.15. The van der Waals surface area contributed by atoms with Gasteiger partial charge in [0.2, 0.25) is 0 Å². The number of nitrogens with two attached hydrogens (primary N) is 1. The Morgan fingerprint density at radius 3 is 2.05 bits per heavy atom. The van der Waals surface area contributed by atoms with Gasteiger partial charge in [-0.1, -0.05) is 45.4 Å². The standard InChI is InChI=1S/C15H25N3S/c1-9(2)12-6-11(5)7-13(10(3)4)14(12)18-15(16)17-8-19/h6-7,9-10,19H,8H2,1-5H3,(H3,16,17,18). The number of benzene rings is 1. The van der Waals surface area contributed by atoms with Crippen molar-refractivity contribution >= 4 is 24.3 Å². The molecule has 3 nitrogen and oxygen atoms in total. The second-order valence-electron chi connectivity index (χ2n) is 5.44. The average Bonchev–Trinajstić information content (AvgIpc) is 2.30. The van der Waals surface area contributed by atoms with E-state index in [1.165, 1.54) is 16.7 Å². The van der Waals surface area contributed by atoms with Crippen LogP contribution >= 0.6 is 12.6 Å². The summed E-state index contributed by atoms with van der Waals surface area (Å²) in [6, 6.07) is 4.43. The van der Waals surface area contributed by atoms with E-state index in [0.29, 0.717) is 23.7 Å². The van der Waals surface area contributed by atoms with E-state index >= 15 is 0 Å². The summed E-state index contributed by atoms with van der Waals surface area (Å²) < 4.78 is 0. The molecule has 0 radical (unpaired) electrons. The Balaban J connectivity index is 3.35. The van der Waals surface area contributed by atoms with Gasteiger partial charge >= 0.3 is 0 Å².